The van der Waals surface area contributed by atoms with Gasteiger partial charge in [-0.3, -0.25) is 4.79 Å². The monoisotopic (exact) mass is 452 g/mol. The van der Waals surface area contributed by atoms with Crippen molar-refractivity contribution < 1.29 is 4.79 Å². The highest BCUT2D eigenvalue weighted by Crippen LogP contribution is 2.15. The van der Waals surface area contributed by atoms with Crippen molar-refractivity contribution in [1.29, 1.82) is 0 Å². The molecular formula is C29H60N2O. The zero-order valence-corrected chi connectivity index (χ0v) is 22.1. The number of hydrogen-bond donors (Lipinski definition) is 2. The predicted molar refractivity (Wildman–Crippen MR) is 143 cm³/mol. The molecule has 3 heteroatoms. The molecule has 3 nitrogen and oxygen atoms in total. The average Bonchev–Trinajstić information content (AvgIpc) is 2.80. The topological polar surface area (TPSA) is 55.1 Å². The van der Waals surface area contributed by atoms with Gasteiger partial charge in [0, 0.05) is 13.0 Å². The Labute approximate surface area is 202 Å². The van der Waals surface area contributed by atoms with E-state index in [2.05, 4.69) is 12.2 Å². The lowest BCUT2D eigenvalue weighted by Gasteiger charge is -2.05. The maximum atomic E-state index is 11.7. The van der Waals surface area contributed by atoms with Crippen LogP contribution in [-0.4, -0.2) is 19.0 Å². The van der Waals surface area contributed by atoms with Gasteiger partial charge in [-0.25, -0.2) is 0 Å². The normalized spacial score (nSPS) is 11.2. The minimum atomic E-state index is 0.218. The van der Waals surface area contributed by atoms with E-state index in [9.17, 15) is 4.79 Å². The van der Waals surface area contributed by atoms with E-state index in [1.807, 2.05) is 0 Å². The second-order valence-electron chi connectivity index (χ2n) is 10.0. The van der Waals surface area contributed by atoms with Gasteiger partial charge in [-0.15, -0.1) is 0 Å². The largest absolute Gasteiger partial charge is 0.356 e. The van der Waals surface area contributed by atoms with Crippen LogP contribution in [-0.2, 0) is 4.79 Å². The molecule has 192 valence electrons. The van der Waals surface area contributed by atoms with E-state index < -0.39 is 0 Å². The van der Waals surface area contributed by atoms with Gasteiger partial charge < -0.3 is 11.1 Å². The molecule has 0 fully saturated rings. The zero-order valence-electron chi connectivity index (χ0n) is 22.1. The first-order valence-corrected chi connectivity index (χ1v) is 14.8. The van der Waals surface area contributed by atoms with Crippen molar-refractivity contribution >= 4 is 5.91 Å². The molecule has 0 aromatic carbocycles. The Morgan fingerprint density at radius 1 is 0.500 bits per heavy atom. The van der Waals surface area contributed by atoms with E-state index in [0.717, 1.165) is 32.4 Å². The molecule has 0 aromatic rings. The van der Waals surface area contributed by atoms with Crippen LogP contribution in [0.1, 0.15) is 167 Å². The third-order valence-electron chi connectivity index (χ3n) is 6.71. The first-order chi connectivity index (χ1) is 15.8. The van der Waals surface area contributed by atoms with Crippen LogP contribution in [0.5, 0.6) is 0 Å². The molecule has 0 aliphatic heterocycles. The van der Waals surface area contributed by atoms with Crippen LogP contribution in [0.3, 0.4) is 0 Å². The lowest BCUT2D eigenvalue weighted by molar-refractivity contribution is -0.121. The molecular weight excluding hydrogens is 392 g/mol. The van der Waals surface area contributed by atoms with Crippen LogP contribution in [0.2, 0.25) is 0 Å². The lowest BCUT2D eigenvalue weighted by atomic mass is 10.0. The molecule has 0 spiro atoms. The van der Waals surface area contributed by atoms with Gasteiger partial charge in [-0.2, -0.15) is 0 Å². The Morgan fingerprint density at radius 3 is 1.19 bits per heavy atom. The molecule has 0 rings (SSSR count). The summed E-state index contributed by atoms with van der Waals surface area (Å²) >= 11 is 0. The third kappa shape index (κ3) is 27.5. The van der Waals surface area contributed by atoms with Crippen LogP contribution < -0.4 is 11.1 Å². The van der Waals surface area contributed by atoms with Crippen molar-refractivity contribution in [3.63, 3.8) is 0 Å². The molecule has 0 saturated heterocycles. The molecule has 0 aliphatic rings. The minimum Gasteiger partial charge on any atom is -0.356 e. The summed E-state index contributed by atoms with van der Waals surface area (Å²) in [6, 6.07) is 0. The van der Waals surface area contributed by atoms with E-state index in [-0.39, 0.29) is 5.91 Å². The van der Waals surface area contributed by atoms with Gasteiger partial charge >= 0.3 is 0 Å². The molecule has 1 amide bonds. The fourth-order valence-corrected chi connectivity index (χ4v) is 4.48. The van der Waals surface area contributed by atoms with Crippen molar-refractivity contribution in [2.45, 2.75) is 167 Å². The summed E-state index contributed by atoms with van der Waals surface area (Å²) in [5.41, 5.74) is 5.45. The van der Waals surface area contributed by atoms with Gasteiger partial charge in [0.15, 0.2) is 0 Å². The summed E-state index contributed by atoms with van der Waals surface area (Å²) in [7, 11) is 0. The minimum absolute atomic E-state index is 0.218. The quantitative estimate of drug-likeness (QED) is 0.122. The molecule has 3 N–H and O–H groups in total. The van der Waals surface area contributed by atoms with Crippen molar-refractivity contribution in [3.05, 3.63) is 0 Å². The standard InChI is InChI=1S/C29H60N2O/c1-2-3-4-5-6-7-8-9-10-11-12-13-14-15-16-17-18-19-20-21-22-23-26-29(32)31-28-25-24-27-30/h2-28,30H2,1H3,(H,31,32). The number of amides is 1. The molecule has 0 atom stereocenters. The van der Waals surface area contributed by atoms with Crippen molar-refractivity contribution in [1.82, 2.24) is 5.32 Å². The summed E-state index contributed by atoms with van der Waals surface area (Å²) in [6.45, 7) is 3.80. The molecule has 0 saturated carbocycles. The fraction of sp³-hybridized carbons (Fsp3) is 0.966. The first kappa shape index (κ1) is 31.4. The van der Waals surface area contributed by atoms with Crippen LogP contribution in [0, 0.1) is 0 Å². The molecule has 0 aromatic heterocycles. The number of carbonyl (C=O) groups excluding carboxylic acids is 1. The summed E-state index contributed by atoms with van der Waals surface area (Å²) in [4.78, 5) is 11.7. The number of hydrogen-bond acceptors (Lipinski definition) is 2. The SMILES string of the molecule is CCCCCCCCCCCCCCCCCCCCCCCCC(=O)NCCCCN. The lowest BCUT2D eigenvalue weighted by Crippen LogP contribution is -2.24. The molecule has 0 radical (unpaired) electrons. The summed E-state index contributed by atoms with van der Waals surface area (Å²) < 4.78 is 0. The van der Waals surface area contributed by atoms with Crippen LogP contribution >= 0.6 is 0 Å². The van der Waals surface area contributed by atoms with Gasteiger partial charge in [0.2, 0.25) is 5.91 Å². The van der Waals surface area contributed by atoms with Gasteiger partial charge in [0.25, 0.3) is 0 Å². The Balaban J connectivity index is 3.07. The highest BCUT2D eigenvalue weighted by Gasteiger charge is 2.00. The summed E-state index contributed by atoms with van der Waals surface area (Å²) in [6.07, 6.45) is 33.5. The van der Waals surface area contributed by atoms with E-state index in [0.29, 0.717) is 6.42 Å². The predicted octanol–water partition coefficient (Wildman–Crippen LogP) is 8.83. The van der Waals surface area contributed by atoms with Gasteiger partial charge in [-0.1, -0.05) is 142 Å². The number of carbonyl (C=O) groups is 1. The number of nitrogens with one attached hydrogen (secondary N) is 1. The van der Waals surface area contributed by atoms with E-state index in [1.54, 1.807) is 0 Å². The zero-order chi connectivity index (χ0) is 23.4. The Bertz CT molecular complexity index is 359. The third-order valence-corrected chi connectivity index (χ3v) is 6.71. The Morgan fingerprint density at radius 2 is 0.844 bits per heavy atom. The molecule has 32 heavy (non-hydrogen) atoms. The second kappa shape index (κ2) is 28.5. The van der Waals surface area contributed by atoms with Gasteiger partial charge in [-0.05, 0) is 25.8 Å². The van der Waals surface area contributed by atoms with Crippen molar-refractivity contribution in [2.75, 3.05) is 13.1 Å². The van der Waals surface area contributed by atoms with Crippen molar-refractivity contribution in [3.8, 4) is 0 Å². The highest BCUT2D eigenvalue weighted by atomic mass is 16.1. The number of unbranched alkanes of at least 4 members (excludes halogenated alkanes) is 22. The summed E-state index contributed by atoms with van der Waals surface area (Å²) in [5.74, 6) is 0.218. The second-order valence-corrected chi connectivity index (χ2v) is 10.0. The van der Waals surface area contributed by atoms with Gasteiger partial charge in [0.05, 0.1) is 0 Å². The van der Waals surface area contributed by atoms with E-state index in [1.165, 1.54) is 135 Å². The molecule has 0 aliphatic carbocycles. The first-order valence-electron chi connectivity index (χ1n) is 14.8. The highest BCUT2D eigenvalue weighted by molar-refractivity contribution is 5.75. The van der Waals surface area contributed by atoms with Crippen LogP contribution in [0.4, 0.5) is 0 Å². The van der Waals surface area contributed by atoms with Crippen LogP contribution in [0.15, 0.2) is 0 Å². The molecule has 0 heterocycles. The Kier molecular flexibility index (Phi) is 28.0. The smallest absolute Gasteiger partial charge is 0.219 e. The van der Waals surface area contributed by atoms with Gasteiger partial charge in [0.1, 0.15) is 0 Å². The maximum absolute atomic E-state index is 11.7. The van der Waals surface area contributed by atoms with Crippen molar-refractivity contribution in [2.24, 2.45) is 5.73 Å². The maximum Gasteiger partial charge on any atom is 0.219 e. The van der Waals surface area contributed by atoms with E-state index in [4.69, 9.17) is 5.73 Å². The Hall–Kier alpha value is -0.570. The summed E-state index contributed by atoms with van der Waals surface area (Å²) in [5, 5.41) is 2.99. The molecule has 0 unspecified atom stereocenters. The van der Waals surface area contributed by atoms with Crippen LogP contribution in [0.25, 0.3) is 0 Å². The molecule has 0 bridgehead atoms. The number of rotatable bonds is 27. The number of nitrogens with two attached hydrogens (primary N) is 1. The average molecular weight is 453 g/mol. The van der Waals surface area contributed by atoms with E-state index >= 15 is 0 Å². The fourth-order valence-electron chi connectivity index (χ4n) is 4.48.